The van der Waals surface area contributed by atoms with Crippen molar-refractivity contribution in [3.8, 4) is 0 Å². The monoisotopic (exact) mass is 309 g/mol. The Bertz CT molecular complexity index is 744. The Morgan fingerprint density at radius 2 is 1.83 bits per heavy atom. The zero-order valence-corrected chi connectivity index (χ0v) is 15.2. The SMILES string of the molecule is CC(C)(C)c1ccc2c(c1)C13CC1CN(C(C)(C)C)C3=CC2=O. The smallest absolute Gasteiger partial charge is 0.187 e. The summed E-state index contributed by atoms with van der Waals surface area (Å²) in [5.41, 5.74) is 5.15. The lowest BCUT2D eigenvalue weighted by Gasteiger charge is -2.40. The third-order valence-corrected chi connectivity index (χ3v) is 5.97. The van der Waals surface area contributed by atoms with Crippen LogP contribution in [0.3, 0.4) is 0 Å². The van der Waals surface area contributed by atoms with Gasteiger partial charge in [0.15, 0.2) is 5.78 Å². The molecule has 1 heterocycles. The number of carbonyl (C=O) groups excluding carboxylic acids is 1. The van der Waals surface area contributed by atoms with Gasteiger partial charge in [-0.1, -0.05) is 39.0 Å². The van der Waals surface area contributed by atoms with Crippen LogP contribution in [-0.4, -0.2) is 22.8 Å². The van der Waals surface area contributed by atoms with E-state index >= 15 is 0 Å². The van der Waals surface area contributed by atoms with E-state index in [4.69, 9.17) is 0 Å². The van der Waals surface area contributed by atoms with Crippen LogP contribution in [0.1, 0.15) is 69.4 Å². The minimum Gasteiger partial charge on any atom is -0.369 e. The number of carbonyl (C=O) groups is 1. The molecule has 2 heteroatoms. The van der Waals surface area contributed by atoms with E-state index in [0.29, 0.717) is 5.92 Å². The molecule has 2 fully saturated rings. The first kappa shape index (κ1) is 15.0. The summed E-state index contributed by atoms with van der Waals surface area (Å²) in [5, 5.41) is 0. The molecule has 2 unspecified atom stereocenters. The quantitative estimate of drug-likeness (QED) is 0.706. The fourth-order valence-electron chi connectivity index (χ4n) is 4.53. The number of allylic oxidation sites excluding steroid dienone is 2. The van der Waals surface area contributed by atoms with Crippen molar-refractivity contribution in [3.05, 3.63) is 46.7 Å². The fraction of sp³-hybridized carbons (Fsp3) is 0.571. The highest BCUT2D eigenvalue weighted by Crippen LogP contribution is 2.67. The number of fused-ring (bicyclic) bond motifs is 1. The maximum Gasteiger partial charge on any atom is 0.187 e. The van der Waals surface area contributed by atoms with E-state index in [-0.39, 0.29) is 22.2 Å². The molecule has 2 aliphatic carbocycles. The van der Waals surface area contributed by atoms with Gasteiger partial charge in [-0.2, -0.15) is 0 Å². The molecule has 2 atom stereocenters. The van der Waals surface area contributed by atoms with Gasteiger partial charge >= 0.3 is 0 Å². The van der Waals surface area contributed by atoms with Gasteiger partial charge in [-0.25, -0.2) is 0 Å². The van der Waals surface area contributed by atoms with E-state index in [1.54, 1.807) is 0 Å². The average molecular weight is 309 g/mol. The first-order valence-electron chi connectivity index (χ1n) is 8.74. The molecule has 0 radical (unpaired) electrons. The molecule has 1 saturated heterocycles. The van der Waals surface area contributed by atoms with E-state index in [9.17, 15) is 4.79 Å². The molecule has 1 saturated carbocycles. The number of piperidine rings is 1. The maximum atomic E-state index is 12.7. The van der Waals surface area contributed by atoms with Crippen molar-refractivity contribution in [1.82, 2.24) is 4.90 Å². The summed E-state index contributed by atoms with van der Waals surface area (Å²) in [6.45, 7) is 14.6. The molecule has 3 aliphatic rings. The van der Waals surface area contributed by atoms with Crippen LogP contribution in [0, 0.1) is 5.92 Å². The molecule has 1 aromatic carbocycles. The van der Waals surface area contributed by atoms with Crippen molar-refractivity contribution in [2.24, 2.45) is 5.92 Å². The van der Waals surface area contributed by atoms with E-state index in [1.165, 1.54) is 23.2 Å². The topological polar surface area (TPSA) is 20.3 Å². The lowest BCUT2D eigenvalue weighted by atomic mass is 9.77. The second-order valence-electron chi connectivity index (χ2n) is 9.56. The number of hydrogen-bond donors (Lipinski definition) is 0. The van der Waals surface area contributed by atoms with E-state index < -0.39 is 0 Å². The van der Waals surface area contributed by atoms with Gasteiger partial charge in [-0.15, -0.1) is 0 Å². The van der Waals surface area contributed by atoms with Crippen molar-refractivity contribution < 1.29 is 4.79 Å². The van der Waals surface area contributed by atoms with Crippen LogP contribution in [-0.2, 0) is 10.8 Å². The molecule has 0 amide bonds. The zero-order chi connectivity index (χ0) is 16.8. The molecule has 0 bridgehead atoms. The van der Waals surface area contributed by atoms with E-state index in [1.807, 2.05) is 6.08 Å². The highest BCUT2D eigenvalue weighted by Gasteiger charge is 2.67. The third kappa shape index (κ3) is 1.90. The van der Waals surface area contributed by atoms with E-state index in [2.05, 4.69) is 64.6 Å². The minimum atomic E-state index is 0.0751. The van der Waals surface area contributed by atoms with Crippen molar-refractivity contribution in [2.75, 3.05) is 6.54 Å². The number of nitrogens with zero attached hydrogens (tertiary/aromatic N) is 1. The molecule has 1 aromatic rings. The zero-order valence-electron chi connectivity index (χ0n) is 15.2. The molecule has 1 aliphatic heterocycles. The standard InChI is InChI=1S/C21H27NO/c1-19(2,3)13-7-8-15-16(9-13)21-11-14(21)12-22(20(4,5)6)18(21)10-17(15)23/h7-10,14H,11-12H2,1-6H3. The number of ketones is 1. The lowest BCUT2D eigenvalue weighted by Crippen LogP contribution is -2.42. The van der Waals surface area contributed by atoms with Crippen LogP contribution >= 0.6 is 0 Å². The summed E-state index contributed by atoms with van der Waals surface area (Å²) in [4.78, 5) is 15.2. The summed E-state index contributed by atoms with van der Waals surface area (Å²) in [6.07, 6.45) is 3.14. The Balaban J connectivity index is 1.89. The Morgan fingerprint density at radius 3 is 2.43 bits per heavy atom. The number of rotatable bonds is 0. The molecule has 0 N–H and O–H groups in total. The average Bonchev–Trinajstić information content (AvgIpc) is 3.05. The van der Waals surface area contributed by atoms with Crippen LogP contribution < -0.4 is 0 Å². The Labute approximate surface area is 139 Å². The van der Waals surface area contributed by atoms with Gasteiger partial charge < -0.3 is 4.90 Å². The molecule has 1 spiro atoms. The molecule has 2 nitrogen and oxygen atoms in total. The van der Waals surface area contributed by atoms with Gasteiger partial charge in [-0.05, 0) is 49.7 Å². The number of likely N-dealkylation sites (tertiary alicyclic amines) is 1. The number of benzene rings is 1. The molecular formula is C21H27NO. The normalized spacial score (nSPS) is 29.0. The Kier molecular flexibility index (Phi) is 2.66. The van der Waals surface area contributed by atoms with E-state index in [0.717, 1.165) is 12.1 Å². The maximum absolute atomic E-state index is 12.7. The Morgan fingerprint density at radius 1 is 1.13 bits per heavy atom. The molecule has 122 valence electrons. The second-order valence-corrected chi connectivity index (χ2v) is 9.56. The van der Waals surface area contributed by atoms with Gasteiger partial charge in [0.05, 0.1) is 0 Å². The first-order valence-corrected chi connectivity index (χ1v) is 8.74. The van der Waals surface area contributed by atoms with Crippen molar-refractivity contribution in [1.29, 1.82) is 0 Å². The largest absolute Gasteiger partial charge is 0.369 e. The van der Waals surface area contributed by atoms with Gasteiger partial charge in [0, 0.05) is 34.8 Å². The first-order chi connectivity index (χ1) is 10.5. The predicted octanol–water partition coefficient (Wildman–Crippen LogP) is 4.44. The fourth-order valence-corrected chi connectivity index (χ4v) is 4.53. The molecule has 4 rings (SSSR count). The van der Waals surface area contributed by atoms with Gasteiger partial charge in [0.25, 0.3) is 0 Å². The predicted molar refractivity (Wildman–Crippen MR) is 93.8 cm³/mol. The van der Waals surface area contributed by atoms with Gasteiger partial charge in [0.1, 0.15) is 0 Å². The van der Waals surface area contributed by atoms with Crippen LogP contribution in [0.5, 0.6) is 0 Å². The third-order valence-electron chi connectivity index (χ3n) is 5.97. The van der Waals surface area contributed by atoms with Crippen LogP contribution in [0.2, 0.25) is 0 Å². The molecular weight excluding hydrogens is 282 g/mol. The minimum absolute atomic E-state index is 0.0751. The van der Waals surface area contributed by atoms with Gasteiger partial charge in [0.2, 0.25) is 0 Å². The summed E-state index contributed by atoms with van der Waals surface area (Å²) in [6, 6.07) is 6.53. The van der Waals surface area contributed by atoms with Gasteiger partial charge in [-0.3, -0.25) is 4.79 Å². The van der Waals surface area contributed by atoms with Crippen LogP contribution in [0.4, 0.5) is 0 Å². The highest BCUT2D eigenvalue weighted by atomic mass is 16.1. The van der Waals surface area contributed by atoms with Crippen molar-refractivity contribution >= 4 is 5.78 Å². The van der Waals surface area contributed by atoms with Crippen LogP contribution in [0.15, 0.2) is 30.0 Å². The highest BCUT2D eigenvalue weighted by molar-refractivity contribution is 6.08. The summed E-state index contributed by atoms with van der Waals surface area (Å²) in [7, 11) is 0. The summed E-state index contributed by atoms with van der Waals surface area (Å²) >= 11 is 0. The second kappa shape index (κ2) is 4.09. The summed E-state index contributed by atoms with van der Waals surface area (Å²) < 4.78 is 0. The van der Waals surface area contributed by atoms with Crippen molar-refractivity contribution in [2.45, 2.75) is 64.3 Å². The molecule has 23 heavy (non-hydrogen) atoms. The number of hydrogen-bond acceptors (Lipinski definition) is 2. The summed E-state index contributed by atoms with van der Waals surface area (Å²) in [5.74, 6) is 0.859. The van der Waals surface area contributed by atoms with Crippen molar-refractivity contribution in [3.63, 3.8) is 0 Å². The van der Waals surface area contributed by atoms with Crippen LogP contribution in [0.25, 0.3) is 0 Å². The Hall–Kier alpha value is -1.57. The molecule has 0 aromatic heterocycles. The lowest BCUT2D eigenvalue weighted by molar-refractivity contribution is 0.103.